The van der Waals surface area contributed by atoms with Crippen molar-refractivity contribution in [1.29, 1.82) is 0 Å². The van der Waals surface area contributed by atoms with Crippen LogP contribution in [0.5, 0.6) is 5.75 Å². The molecular formula is C16H13Cl4N3O2S. The van der Waals surface area contributed by atoms with E-state index in [4.69, 9.17) is 58.6 Å². The Bertz CT molecular complexity index is 814. The third-order valence-electron chi connectivity index (χ3n) is 3.07. The number of nitrogens with one attached hydrogen (secondary N) is 3. The lowest BCUT2D eigenvalue weighted by molar-refractivity contribution is 0.0934. The highest BCUT2D eigenvalue weighted by Gasteiger charge is 2.34. The van der Waals surface area contributed by atoms with E-state index in [1.165, 1.54) is 18.2 Å². The summed E-state index contributed by atoms with van der Waals surface area (Å²) in [6, 6.07) is 12.6. The predicted octanol–water partition coefficient (Wildman–Crippen LogP) is 4.46. The Morgan fingerprint density at radius 2 is 1.77 bits per heavy atom. The van der Waals surface area contributed by atoms with Gasteiger partial charge in [-0.15, -0.1) is 0 Å². The second kappa shape index (κ2) is 8.97. The first-order chi connectivity index (χ1) is 12.1. The maximum atomic E-state index is 12.4. The van der Waals surface area contributed by atoms with Gasteiger partial charge in [-0.2, -0.15) is 0 Å². The van der Waals surface area contributed by atoms with E-state index >= 15 is 0 Å². The van der Waals surface area contributed by atoms with E-state index < -0.39 is 15.9 Å². The fourth-order valence-corrected chi connectivity index (χ4v) is 2.68. The minimum atomic E-state index is -1.89. The van der Waals surface area contributed by atoms with E-state index in [0.29, 0.717) is 16.3 Å². The first-order valence-corrected chi connectivity index (χ1v) is 9.07. The van der Waals surface area contributed by atoms with Crippen molar-refractivity contribution in [2.75, 3.05) is 5.32 Å². The summed E-state index contributed by atoms with van der Waals surface area (Å²) < 4.78 is -1.89. The number of benzene rings is 2. The van der Waals surface area contributed by atoms with Gasteiger partial charge in [0.1, 0.15) is 11.9 Å². The molecule has 0 spiro atoms. The average molecular weight is 453 g/mol. The van der Waals surface area contributed by atoms with E-state index in [-0.39, 0.29) is 10.9 Å². The topological polar surface area (TPSA) is 73.4 Å². The highest BCUT2D eigenvalue weighted by Crippen LogP contribution is 2.29. The maximum Gasteiger partial charge on any atom is 0.253 e. The number of phenolic OH excluding ortho intramolecular Hbond substituents is 1. The van der Waals surface area contributed by atoms with Crippen LogP contribution in [-0.2, 0) is 0 Å². The molecule has 1 atom stereocenters. The van der Waals surface area contributed by atoms with Crippen LogP contribution in [0, 0.1) is 0 Å². The SMILES string of the molecule is O=C(N[C@@H](NC(=S)Nc1cccc(O)c1)C(Cl)(Cl)Cl)c1cccc(Cl)c1. The van der Waals surface area contributed by atoms with Crippen LogP contribution in [0.25, 0.3) is 0 Å². The van der Waals surface area contributed by atoms with Gasteiger partial charge in [0.05, 0.1) is 0 Å². The van der Waals surface area contributed by atoms with Crippen molar-refractivity contribution in [3.05, 3.63) is 59.1 Å². The lowest BCUT2D eigenvalue weighted by Gasteiger charge is -2.27. The molecule has 26 heavy (non-hydrogen) atoms. The van der Waals surface area contributed by atoms with Crippen molar-refractivity contribution in [2.24, 2.45) is 0 Å². The van der Waals surface area contributed by atoms with E-state index in [9.17, 15) is 9.90 Å². The van der Waals surface area contributed by atoms with Crippen LogP contribution in [0.4, 0.5) is 5.69 Å². The molecule has 1 amide bonds. The molecule has 2 aromatic carbocycles. The fourth-order valence-electron chi connectivity index (χ4n) is 1.93. The van der Waals surface area contributed by atoms with Crippen molar-refractivity contribution < 1.29 is 9.90 Å². The van der Waals surface area contributed by atoms with Crippen LogP contribution in [0.15, 0.2) is 48.5 Å². The summed E-state index contributed by atoms with van der Waals surface area (Å²) >= 11 is 28.8. The van der Waals surface area contributed by atoms with Crippen molar-refractivity contribution in [3.8, 4) is 5.75 Å². The summed E-state index contributed by atoms with van der Waals surface area (Å²) in [7, 11) is 0. The Balaban J connectivity index is 2.07. The summed E-state index contributed by atoms with van der Waals surface area (Å²) in [6.45, 7) is 0. The van der Waals surface area contributed by atoms with Crippen LogP contribution < -0.4 is 16.0 Å². The molecule has 0 unspecified atom stereocenters. The van der Waals surface area contributed by atoms with E-state index in [1.807, 2.05) is 0 Å². The molecule has 0 aliphatic heterocycles. The molecule has 0 aromatic heterocycles. The first-order valence-electron chi connectivity index (χ1n) is 7.15. The number of thiocarbonyl (C=S) groups is 1. The summed E-state index contributed by atoms with van der Waals surface area (Å²) in [5, 5.41) is 18.0. The second-order valence-electron chi connectivity index (χ2n) is 5.11. The summed E-state index contributed by atoms with van der Waals surface area (Å²) in [4.78, 5) is 12.4. The smallest absolute Gasteiger partial charge is 0.253 e. The third-order valence-corrected chi connectivity index (χ3v) is 4.18. The molecule has 0 saturated heterocycles. The molecule has 4 N–H and O–H groups in total. The van der Waals surface area contributed by atoms with Crippen molar-refractivity contribution in [3.63, 3.8) is 0 Å². The zero-order valence-electron chi connectivity index (χ0n) is 13.0. The van der Waals surface area contributed by atoms with Crippen LogP contribution in [-0.4, -0.2) is 26.1 Å². The molecule has 0 aliphatic rings. The number of anilines is 1. The molecule has 0 fully saturated rings. The lowest BCUT2D eigenvalue weighted by Crippen LogP contribution is -2.56. The van der Waals surface area contributed by atoms with Crippen molar-refractivity contribution in [1.82, 2.24) is 10.6 Å². The number of halogens is 4. The highest BCUT2D eigenvalue weighted by atomic mass is 35.6. The van der Waals surface area contributed by atoms with Crippen LogP contribution >= 0.6 is 58.6 Å². The number of carbonyl (C=O) groups excluding carboxylic acids is 1. The highest BCUT2D eigenvalue weighted by molar-refractivity contribution is 7.80. The van der Waals surface area contributed by atoms with Crippen molar-refractivity contribution >= 4 is 75.3 Å². The lowest BCUT2D eigenvalue weighted by atomic mass is 10.2. The number of hydrogen-bond acceptors (Lipinski definition) is 3. The number of alkyl halides is 3. The van der Waals surface area contributed by atoms with Gasteiger partial charge >= 0.3 is 0 Å². The number of amides is 1. The van der Waals surface area contributed by atoms with Crippen molar-refractivity contribution in [2.45, 2.75) is 9.96 Å². The molecule has 0 aliphatic carbocycles. The Hall–Kier alpha value is -1.44. The molecule has 0 bridgehead atoms. The molecule has 10 heteroatoms. The minimum Gasteiger partial charge on any atom is -0.508 e. The average Bonchev–Trinajstić information content (AvgIpc) is 2.53. The standard InChI is InChI=1S/C16H13Cl4N3O2S/c17-10-4-1-3-9(7-10)13(25)22-14(16(18,19)20)23-15(26)21-11-5-2-6-12(24)8-11/h1-8,14,24H,(H,22,25)(H2,21,23,26)/t14-/m0/s1. The number of rotatable bonds is 4. The second-order valence-corrected chi connectivity index (χ2v) is 8.32. The van der Waals surface area contributed by atoms with Gasteiger partial charge in [-0.1, -0.05) is 58.5 Å². The Morgan fingerprint density at radius 1 is 1.08 bits per heavy atom. The molecule has 2 aromatic rings. The quantitative estimate of drug-likeness (QED) is 0.313. The summed E-state index contributed by atoms with van der Waals surface area (Å²) in [5.41, 5.74) is 0.817. The molecule has 0 heterocycles. The molecule has 5 nitrogen and oxygen atoms in total. The third kappa shape index (κ3) is 6.37. The zero-order chi connectivity index (χ0) is 19.3. The predicted molar refractivity (Wildman–Crippen MR) is 110 cm³/mol. The molecule has 0 radical (unpaired) electrons. The zero-order valence-corrected chi connectivity index (χ0v) is 16.8. The molecular weight excluding hydrogens is 440 g/mol. The Labute approximate surface area is 175 Å². The largest absolute Gasteiger partial charge is 0.508 e. The number of aromatic hydroxyl groups is 1. The molecule has 138 valence electrons. The molecule has 2 rings (SSSR count). The van der Waals surface area contributed by atoms with Gasteiger partial charge < -0.3 is 21.1 Å². The van der Waals surface area contributed by atoms with Gasteiger partial charge in [0, 0.05) is 22.3 Å². The number of hydrogen-bond donors (Lipinski definition) is 4. The first kappa shape index (κ1) is 20.9. The fraction of sp³-hybridized carbons (Fsp3) is 0.125. The van der Waals surface area contributed by atoms with Gasteiger partial charge in [-0.3, -0.25) is 4.79 Å². The van der Waals surface area contributed by atoms with Gasteiger partial charge in [0.2, 0.25) is 3.79 Å². The van der Waals surface area contributed by atoms with Crippen LogP contribution in [0.2, 0.25) is 5.02 Å². The van der Waals surface area contributed by atoms with Gasteiger partial charge in [-0.25, -0.2) is 0 Å². The van der Waals surface area contributed by atoms with E-state index in [0.717, 1.165) is 0 Å². The van der Waals surface area contributed by atoms with Crippen LogP contribution in [0.3, 0.4) is 0 Å². The van der Waals surface area contributed by atoms with E-state index in [2.05, 4.69) is 16.0 Å². The number of carbonyl (C=O) groups is 1. The monoisotopic (exact) mass is 451 g/mol. The Morgan fingerprint density at radius 3 is 2.38 bits per heavy atom. The summed E-state index contributed by atoms with van der Waals surface area (Å²) in [5.74, 6) is -0.443. The molecule has 0 saturated carbocycles. The maximum absolute atomic E-state index is 12.4. The van der Waals surface area contributed by atoms with E-state index in [1.54, 1.807) is 30.3 Å². The normalized spacial score (nSPS) is 12.2. The Kier molecular flexibility index (Phi) is 7.20. The van der Waals surface area contributed by atoms with Gasteiger partial charge in [0.15, 0.2) is 5.11 Å². The van der Waals surface area contributed by atoms with Crippen LogP contribution in [0.1, 0.15) is 10.4 Å². The number of phenols is 1. The van der Waals surface area contributed by atoms with Gasteiger partial charge in [-0.05, 0) is 42.5 Å². The minimum absolute atomic E-state index is 0.0602. The van der Waals surface area contributed by atoms with Gasteiger partial charge in [0.25, 0.3) is 5.91 Å². The summed E-state index contributed by atoms with van der Waals surface area (Å²) in [6.07, 6.45) is -1.13.